The molecule has 2 N–H and O–H groups in total. The van der Waals surface area contributed by atoms with Gasteiger partial charge in [0.15, 0.2) is 11.6 Å². The molecule has 0 saturated heterocycles. The molecule has 0 saturated carbocycles. The number of rotatable bonds is 4. The van der Waals surface area contributed by atoms with Gasteiger partial charge in [0.1, 0.15) is 0 Å². The number of halogens is 1. The Balaban J connectivity index is 1.77. The van der Waals surface area contributed by atoms with E-state index in [0.29, 0.717) is 11.3 Å². The number of phenolic OH excluding ortho intramolecular Hbond substituents is 1. The minimum Gasteiger partial charge on any atom is -0.505 e. The van der Waals surface area contributed by atoms with E-state index in [1.807, 2.05) is 12.1 Å². The Morgan fingerprint density at radius 1 is 1.21 bits per heavy atom. The first-order valence-electron chi connectivity index (χ1n) is 10.0. The third-order valence-electron chi connectivity index (χ3n) is 5.84. The smallest absolute Gasteiger partial charge is 0.255 e. The molecule has 0 aromatic heterocycles. The molecule has 0 fully saturated rings. The molecule has 3 nitrogen and oxygen atoms in total. The van der Waals surface area contributed by atoms with Crippen molar-refractivity contribution in [2.45, 2.75) is 47.0 Å². The van der Waals surface area contributed by atoms with Crippen LogP contribution in [0.25, 0.3) is 6.08 Å². The highest BCUT2D eigenvalue weighted by Gasteiger charge is 2.29. The van der Waals surface area contributed by atoms with E-state index in [2.05, 4.69) is 39.1 Å². The summed E-state index contributed by atoms with van der Waals surface area (Å²) in [5.74, 6) is -1.53. The van der Waals surface area contributed by atoms with Crippen LogP contribution in [0.15, 0.2) is 59.2 Å². The van der Waals surface area contributed by atoms with Gasteiger partial charge in [-0.05, 0) is 72.6 Å². The van der Waals surface area contributed by atoms with Crippen LogP contribution in [0.1, 0.15) is 62.9 Å². The van der Waals surface area contributed by atoms with Crippen molar-refractivity contribution in [3.8, 4) is 5.75 Å². The number of benzene rings is 2. The molecule has 2 aromatic rings. The van der Waals surface area contributed by atoms with E-state index in [0.717, 1.165) is 30.9 Å². The zero-order valence-corrected chi connectivity index (χ0v) is 17.5. The van der Waals surface area contributed by atoms with E-state index in [1.165, 1.54) is 28.9 Å². The molecular formula is C25H28FNO2. The Morgan fingerprint density at radius 2 is 1.90 bits per heavy atom. The van der Waals surface area contributed by atoms with Crippen molar-refractivity contribution in [1.29, 1.82) is 0 Å². The standard InChI is InChI=1S/C25H28FNO2/c1-5-21-16(2)19(12-13-25(21,3)4)14-17-6-8-18(9-7-17)24(29)27-20-10-11-23(28)22(26)15-20/h6-11,14-15,28H,5,12-13H2,1-4H3,(H,27,29). The zero-order valence-electron chi connectivity index (χ0n) is 17.5. The highest BCUT2D eigenvalue weighted by molar-refractivity contribution is 6.04. The van der Waals surface area contributed by atoms with Crippen LogP contribution in [-0.4, -0.2) is 11.0 Å². The summed E-state index contributed by atoms with van der Waals surface area (Å²) in [5, 5.41) is 11.9. The molecule has 0 bridgehead atoms. The summed E-state index contributed by atoms with van der Waals surface area (Å²) >= 11 is 0. The first-order chi connectivity index (χ1) is 13.7. The summed E-state index contributed by atoms with van der Waals surface area (Å²) in [5.41, 5.74) is 6.37. The summed E-state index contributed by atoms with van der Waals surface area (Å²) in [6, 6.07) is 11.2. The zero-order chi connectivity index (χ0) is 21.2. The Bertz CT molecular complexity index is 984. The van der Waals surface area contributed by atoms with Crippen molar-refractivity contribution in [2.24, 2.45) is 5.41 Å². The van der Waals surface area contributed by atoms with Crippen molar-refractivity contribution in [3.63, 3.8) is 0 Å². The first kappa shape index (κ1) is 20.8. The number of hydrogen-bond acceptors (Lipinski definition) is 2. The second-order valence-electron chi connectivity index (χ2n) is 8.25. The molecule has 4 heteroatoms. The van der Waals surface area contributed by atoms with Gasteiger partial charge in [0.2, 0.25) is 0 Å². The minimum absolute atomic E-state index is 0.256. The van der Waals surface area contributed by atoms with Crippen LogP contribution in [0, 0.1) is 11.2 Å². The number of hydrogen-bond donors (Lipinski definition) is 2. The van der Waals surface area contributed by atoms with Crippen LogP contribution >= 0.6 is 0 Å². The molecule has 0 atom stereocenters. The molecule has 0 spiro atoms. The van der Waals surface area contributed by atoms with Gasteiger partial charge < -0.3 is 10.4 Å². The fraction of sp³-hybridized carbons (Fsp3) is 0.320. The van der Waals surface area contributed by atoms with Gasteiger partial charge in [-0.2, -0.15) is 0 Å². The number of carbonyl (C=O) groups is 1. The fourth-order valence-electron chi connectivity index (χ4n) is 4.13. The molecule has 1 amide bonds. The number of amides is 1. The normalized spacial score (nSPS) is 17.5. The monoisotopic (exact) mass is 393 g/mol. The molecule has 0 radical (unpaired) electrons. The molecule has 3 rings (SSSR count). The van der Waals surface area contributed by atoms with Gasteiger partial charge in [-0.15, -0.1) is 0 Å². The molecule has 152 valence electrons. The third-order valence-corrected chi connectivity index (χ3v) is 5.84. The maximum Gasteiger partial charge on any atom is 0.255 e. The van der Waals surface area contributed by atoms with Crippen molar-refractivity contribution >= 4 is 17.7 Å². The number of anilines is 1. The molecule has 1 aliphatic rings. The van der Waals surface area contributed by atoms with Crippen LogP contribution < -0.4 is 5.32 Å². The van der Waals surface area contributed by atoms with Gasteiger partial charge in [-0.1, -0.05) is 44.6 Å². The molecule has 2 aromatic carbocycles. The van der Waals surface area contributed by atoms with Crippen molar-refractivity contribution < 1.29 is 14.3 Å². The van der Waals surface area contributed by atoms with E-state index >= 15 is 0 Å². The summed E-state index contributed by atoms with van der Waals surface area (Å²) in [7, 11) is 0. The number of carbonyl (C=O) groups excluding carboxylic acids is 1. The van der Waals surface area contributed by atoms with Gasteiger partial charge in [0.05, 0.1) is 0 Å². The third kappa shape index (κ3) is 4.58. The lowest BCUT2D eigenvalue weighted by atomic mass is 9.70. The first-order valence-corrected chi connectivity index (χ1v) is 10.0. The largest absolute Gasteiger partial charge is 0.505 e. The van der Waals surface area contributed by atoms with Crippen LogP contribution in [0.5, 0.6) is 5.75 Å². The second-order valence-corrected chi connectivity index (χ2v) is 8.25. The molecule has 0 heterocycles. The number of aromatic hydroxyl groups is 1. The summed E-state index contributed by atoms with van der Waals surface area (Å²) in [6.07, 6.45) is 5.46. The van der Waals surface area contributed by atoms with E-state index in [9.17, 15) is 14.3 Å². The minimum atomic E-state index is -0.768. The lowest BCUT2D eigenvalue weighted by molar-refractivity contribution is 0.102. The SMILES string of the molecule is CCC1=C(C)C(=Cc2ccc(C(=O)Nc3ccc(O)c(F)c3)cc2)CCC1(C)C. The lowest BCUT2D eigenvalue weighted by Crippen LogP contribution is -2.21. The van der Waals surface area contributed by atoms with Crippen LogP contribution in [-0.2, 0) is 0 Å². The van der Waals surface area contributed by atoms with E-state index < -0.39 is 11.6 Å². The summed E-state index contributed by atoms with van der Waals surface area (Å²) in [4.78, 5) is 12.4. The van der Waals surface area contributed by atoms with Gasteiger partial charge >= 0.3 is 0 Å². The van der Waals surface area contributed by atoms with Gasteiger partial charge in [0.25, 0.3) is 5.91 Å². The number of allylic oxidation sites excluding steroid dienone is 3. The molecule has 0 unspecified atom stereocenters. The molecule has 29 heavy (non-hydrogen) atoms. The highest BCUT2D eigenvalue weighted by Crippen LogP contribution is 2.44. The van der Waals surface area contributed by atoms with Crippen LogP contribution in [0.4, 0.5) is 10.1 Å². The van der Waals surface area contributed by atoms with Crippen LogP contribution in [0.2, 0.25) is 0 Å². The Hall–Kier alpha value is -2.88. The summed E-state index contributed by atoms with van der Waals surface area (Å²) in [6.45, 7) is 9.07. The van der Waals surface area contributed by atoms with Crippen molar-refractivity contribution in [3.05, 3.63) is 76.1 Å². The predicted molar refractivity (Wildman–Crippen MR) is 116 cm³/mol. The maximum absolute atomic E-state index is 13.4. The Kier molecular flexibility index (Phi) is 5.92. The van der Waals surface area contributed by atoms with Crippen molar-refractivity contribution in [2.75, 3.05) is 5.32 Å². The maximum atomic E-state index is 13.4. The molecular weight excluding hydrogens is 365 g/mol. The second kappa shape index (κ2) is 8.24. The fourth-order valence-corrected chi connectivity index (χ4v) is 4.13. The molecule has 0 aliphatic heterocycles. The van der Waals surface area contributed by atoms with Crippen LogP contribution in [0.3, 0.4) is 0 Å². The average molecular weight is 394 g/mol. The molecule has 1 aliphatic carbocycles. The Labute approximate surface area is 172 Å². The topological polar surface area (TPSA) is 49.3 Å². The highest BCUT2D eigenvalue weighted by atomic mass is 19.1. The van der Waals surface area contributed by atoms with Crippen molar-refractivity contribution in [1.82, 2.24) is 0 Å². The van der Waals surface area contributed by atoms with Gasteiger partial charge in [-0.3, -0.25) is 4.79 Å². The average Bonchev–Trinajstić information content (AvgIpc) is 2.68. The number of phenols is 1. The predicted octanol–water partition coefficient (Wildman–Crippen LogP) is 6.71. The lowest BCUT2D eigenvalue weighted by Gasteiger charge is -2.35. The Morgan fingerprint density at radius 3 is 2.52 bits per heavy atom. The van der Waals surface area contributed by atoms with E-state index in [4.69, 9.17) is 0 Å². The summed E-state index contributed by atoms with van der Waals surface area (Å²) < 4.78 is 13.4. The number of nitrogens with one attached hydrogen (secondary N) is 1. The van der Waals surface area contributed by atoms with E-state index in [1.54, 1.807) is 12.1 Å². The van der Waals surface area contributed by atoms with Gasteiger partial charge in [-0.25, -0.2) is 4.39 Å². The quantitative estimate of drug-likeness (QED) is 0.567. The van der Waals surface area contributed by atoms with E-state index in [-0.39, 0.29) is 11.3 Å². The van der Waals surface area contributed by atoms with Gasteiger partial charge in [0, 0.05) is 17.3 Å².